The molecule has 0 bridgehead atoms. The summed E-state index contributed by atoms with van der Waals surface area (Å²) in [4.78, 5) is 26.4. The number of thiazole rings is 1. The van der Waals surface area contributed by atoms with Gasteiger partial charge in [-0.1, -0.05) is 37.3 Å². The minimum Gasteiger partial charge on any atom is -0.331 e. The number of nitrogens with zero attached hydrogens (tertiary/aromatic N) is 7. The highest BCUT2D eigenvalue weighted by molar-refractivity contribution is 7.13. The Morgan fingerprint density at radius 1 is 1.14 bits per heavy atom. The van der Waals surface area contributed by atoms with Gasteiger partial charge in [-0.15, -0.1) is 11.3 Å². The second kappa shape index (κ2) is 11.5. The molecule has 2 aliphatic heterocycles. The molecule has 3 atom stereocenters. The van der Waals surface area contributed by atoms with Crippen molar-refractivity contribution in [1.29, 1.82) is 0 Å². The van der Waals surface area contributed by atoms with Crippen LogP contribution in [0.25, 0.3) is 22.0 Å². The minimum atomic E-state index is -0.954. The van der Waals surface area contributed by atoms with Crippen molar-refractivity contribution in [3.8, 4) is 11.1 Å². The van der Waals surface area contributed by atoms with Crippen molar-refractivity contribution in [3.63, 3.8) is 0 Å². The zero-order chi connectivity index (χ0) is 30.5. The molecule has 5 aromatic rings. The summed E-state index contributed by atoms with van der Waals surface area (Å²) in [5.74, 6) is -0.331. The molecule has 0 saturated carbocycles. The van der Waals surface area contributed by atoms with Crippen LogP contribution in [0.5, 0.6) is 0 Å². The second-order valence-corrected chi connectivity index (χ2v) is 12.8. The molecule has 8 nitrogen and oxygen atoms in total. The predicted molar refractivity (Wildman–Crippen MR) is 169 cm³/mol. The molecule has 0 radical (unpaired) electrons. The monoisotopic (exact) mass is 615 g/mol. The van der Waals surface area contributed by atoms with Crippen molar-refractivity contribution >= 4 is 33.3 Å². The molecule has 11 heteroatoms. The first kappa shape index (κ1) is 28.8. The molecular formula is C33H35F2N7OS. The van der Waals surface area contributed by atoms with Crippen molar-refractivity contribution in [2.45, 2.75) is 64.8 Å². The Balaban J connectivity index is 1.20. The molecule has 0 unspecified atom stereocenters. The van der Waals surface area contributed by atoms with Crippen molar-refractivity contribution in [3.05, 3.63) is 82.5 Å². The van der Waals surface area contributed by atoms with Gasteiger partial charge in [-0.25, -0.2) is 18.7 Å². The van der Waals surface area contributed by atoms with E-state index >= 15 is 0 Å². The van der Waals surface area contributed by atoms with Gasteiger partial charge < -0.3 is 9.47 Å². The molecule has 3 aromatic heterocycles. The second-order valence-electron chi connectivity index (χ2n) is 11.9. The first-order chi connectivity index (χ1) is 21.3. The third kappa shape index (κ3) is 5.11. The molecule has 2 aliphatic rings. The van der Waals surface area contributed by atoms with Crippen LogP contribution in [0, 0.1) is 13.8 Å². The number of imidazole rings is 1. The van der Waals surface area contributed by atoms with Gasteiger partial charge >= 0.3 is 0 Å². The summed E-state index contributed by atoms with van der Waals surface area (Å²) in [6.45, 7) is 8.72. The number of halogens is 2. The number of piperidine rings is 1. The first-order valence-electron chi connectivity index (χ1n) is 15.2. The van der Waals surface area contributed by atoms with Gasteiger partial charge in [0.2, 0.25) is 5.13 Å². The smallest absolute Gasteiger partial charge is 0.255 e. The Morgan fingerprint density at radius 2 is 1.95 bits per heavy atom. The average molecular weight is 616 g/mol. The number of likely N-dealkylation sites (tertiary alicyclic amines) is 1. The van der Waals surface area contributed by atoms with Crippen LogP contribution in [0.1, 0.15) is 47.3 Å². The quantitative estimate of drug-likeness (QED) is 0.223. The van der Waals surface area contributed by atoms with Gasteiger partial charge in [0, 0.05) is 41.5 Å². The number of rotatable bonds is 7. The molecule has 0 N–H and O–H groups in total. The molecule has 0 spiro atoms. The van der Waals surface area contributed by atoms with E-state index in [-0.39, 0.29) is 31.2 Å². The van der Waals surface area contributed by atoms with Gasteiger partial charge in [-0.2, -0.15) is 14.9 Å². The lowest BCUT2D eigenvalue weighted by Crippen LogP contribution is -2.40. The highest BCUT2D eigenvalue weighted by Gasteiger charge is 2.31. The number of hydrogen-bond acceptors (Lipinski definition) is 6. The highest BCUT2D eigenvalue weighted by Crippen LogP contribution is 2.35. The van der Waals surface area contributed by atoms with Gasteiger partial charge in [0.25, 0.3) is 5.91 Å². The van der Waals surface area contributed by atoms with Gasteiger partial charge in [0.15, 0.2) is 0 Å². The molecule has 1 amide bonds. The lowest BCUT2D eigenvalue weighted by atomic mass is 9.86. The van der Waals surface area contributed by atoms with Crippen LogP contribution in [-0.2, 0) is 24.2 Å². The van der Waals surface area contributed by atoms with E-state index in [1.807, 2.05) is 25.4 Å². The molecular weight excluding hydrogens is 580 g/mol. The third-order valence-corrected chi connectivity index (χ3v) is 9.92. The lowest BCUT2D eigenvalue weighted by Gasteiger charge is -2.34. The molecule has 1 saturated heterocycles. The number of hydrogen-bond donors (Lipinski definition) is 0. The third-order valence-electron chi connectivity index (χ3n) is 9.17. The summed E-state index contributed by atoms with van der Waals surface area (Å²) in [5.41, 5.74) is 7.29. The molecule has 5 heterocycles. The van der Waals surface area contributed by atoms with Crippen molar-refractivity contribution < 1.29 is 13.6 Å². The Hall–Kier alpha value is -3.96. The Kier molecular flexibility index (Phi) is 7.54. The molecule has 0 aliphatic carbocycles. The highest BCUT2D eigenvalue weighted by atomic mass is 32.1. The van der Waals surface area contributed by atoms with Crippen molar-refractivity contribution in [2.24, 2.45) is 0 Å². The SMILES string of the molecule is CCN1CC[C@@H](c2ccc(-c3cc(C)c4cn(N(C(=O)Cc5ncn6c5C[C@@H](F)C6)c5nccs5)nc4c3C)cc2)[C@H](F)C1. The lowest BCUT2D eigenvalue weighted by molar-refractivity contribution is -0.118. The number of amides is 1. The fourth-order valence-corrected chi connectivity index (χ4v) is 7.37. The summed E-state index contributed by atoms with van der Waals surface area (Å²) in [6.07, 6.45) is 4.41. The number of benzene rings is 2. The first-order valence-corrected chi connectivity index (χ1v) is 16.0. The number of carbonyl (C=O) groups is 1. The Morgan fingerprint density at radius 3 is 2.68 bits per heavy atom. The number of carbonyl (C=O) groups excluding carboxylic acids is 1. The van der Waals surface area contributed by atoms with Crippen LogP contribution < -0.4 is 5.01 Å². The van der Waals surface area contributed by atoms with Crippen LogP contribution >= 0.6 is 11.3 Å². The van der Waals surface area contributed by atoms with Gasteiger partial charge in [0.1, 0.15) is 12.3 Å². The van der Waals surface area contributed by atoms with E-state index in [0.29, 0.717) is 17.4 Å². The Labute approximate surface area is 258 Å². The largest absolute Gasteiger partial charge is 0.331 e. The maximum Gasteiger partial charge on any atom is 0.255 e. The molecule has 44 heavy (non-hydrogen) atoms. The zero-order valence-corrected chi connectivity index (χ0v) is 25.9. The van der Waals surface area contributed by atoms with E-state index in [2.05, 4.69) is 52.1 Å². The number of aromatic nitrogens is 5. The zero-order valence-electron chi connectivity index (χ0n) is 25.1. The Bertz CT molecular complexity index is 1810. The van der Waals surface area contributed by atoms with Crippen LogP contribution in [0.3, 0.4) is 0 Å². The van der Waals surface area contributed by atoms with Crippen molar-refractivity contribution in [2.75, 3.05) is 24.6 Å². The summed E-state index contributed by atoms with van der Waals surface area (Å²) < 4.78 is 30.8. The van der Waals surface area contributed by atoms with E-state index in [9.17, 15) is 13.6 Å². The number of anilines is 1. The molecule has 1 fully saturated rings. The fourth-order valence-electron chi connectivity index (χ4n) is 6.72. The standard InChI is InChI=1S/C33H35F2N7OS/c1-4-39-11-9-25(28(35)18-39)22-5-7-23(8-6-22)26-13-20(2)27-17-41(38-32(27)21(26)3)42(33-36-10-12-44-33)31(43)15-29-30-14-24(34)16-40(30)19-37-29/h5-8,10,12-13,17,19,24-25,28H,4,9,11,14-16,18H2,1-3H3/t24-,25+,28-/m1/s1. The molecule has 228 valence electrons. The summed E-state index contributed by atoms with van der Waals surface area (Å²) in [5, 5.41) is 9.63. The van der Waals surface area contributed by atoms with E-state index in [1.165, 1.54) is 16.3 Å². The van der Waals surface area contributed by atoms with Crippen LogP contribution in [0.15, 0.2) is 54.4 Å². The molecule has 7 rings (SSSR count). The summed E-state index contributed by atoms with van der Waals surface area (Å²) in [7, 11) is 0. The van der Waals surface area contributed by atoms with E-state index in [0.717, 1.165) is 63.9 Å². The topological polar surface area (TPSA) is 72.1 Å². The number of alkyl halides is 2. The van der Waals surface area contributed by atoms with Gasteiger partial charge in [-0.05, 0) is 61.2 Å². The van der Waals surface area contributed by atoms with Crippen LogP contribution in [0.4, 0.5) is 13.9 Å². The van der Waals surface area contributed by atoms with Crippen molar-refractivity contribution in [1.82, 2.24) is 29.3 Å². The summed E-state index contributed by atoms with van der Waals surface area (Å²) in [6, 6.07) is 10.4. The van der Waals surface area contributed by atoms with Gasteiger partial charge in [0.05, 0.1) is 36.7 Å². The average Bonchev–Trinajstić information content (AvgIpc) is 3.82. The van der Waals surface area contributed by atoms with Crippen LogP contribution in [0.2, 0.25) is 0 Å². The predicted octanol–water partition coefficient (Wildman–Crippen LogP) is 6.05. The number of aryl methyl sites for hydroxylation is 2. The van der Waals surface area contributed by atoms with E-state index in [4.69, 9.17) is 5.10 Å². The van der Waals surface area contributed by atoms with Crippen LogP contribution in [-0.4, -0.2) is 67.2 Å². The fraction of sp³-hybridized carbons (Fsp3) is 0.394. The summed E-state index contributed by atoms with van der Waals surface area (Å²) >= 11 is 1.34. The normalized spacial score (nSPS) is 20.3. The maximum absolute atomic E-state index is 15.0. The minimum absolute atomic E-state index is 0.0115. The van der Waals surface area contributed by atoms with E-state index < -0.39 is 12.3 Å². The molecule has 2 aromatic carbocycles. The van der Waals surface area contributed by atoms with E-state index in [1.54, 1.807) is 21.9 Å². The maximum atomic E-state index is 15.0. The van der Waals surface area contributed by atoms with Gasteiger partial charge in [-0.3, -0.25) is 4.79 Å². The number of fused-ring (bicyclic) bond motifs is 2.